The summed E-state index contributed by atoms with van der Waals surface area (Å²) < 4.78 is 0. The van der Waals surface area contributed by atoms with E-state index in [1.54, 1.807) is 0 Å². The van der Waals surface area contributed by atoms with E-state index in [-0.39, 0.29) is 0 Å². The van der Waals surface area contributed by atoms with E-state index in [0.717, 1.165) is 19.0 Å². The minimum atomic E-state index is 0.526. The zero-order valence-electron chi connectivity index (χ0n) is 12.7. The van der Waals surface area contributed by atoms with Crippen LogP contribution in [0.15, 0.2) is 24.3 Å². The molecule has 0 aromatic heterocycles. The predicted molar refractivity (Wildman–Crippen MR) is 84.7 cm³/mol. The van der Waals surface area contributed by atoms with Crippen molar-refractivity contribution >= 4 is 0 Å². The van der Waals surface area contributed by atoms with Crippen LogP contribution in [-0.4, -0.2) is 12.6 Å². The van der Waals surface area contributed by atoms with E-state index in [1.165, 1.54) is 49.7 Å². The minimum Gasteiger partial charge on any atom is -0.313 e. The van der Waals surface area contributed by atoms with Gasteiger partial charge in [0.1, 0.15) is 0 Å². The molecular formula is C18H28N2. The molecule has 1 saturated carbocycles. The molecule has 1 unspecified atom stereocenters. The smallest absolute Gasteiger partial charge is 0.0337 e. The summed E-state index contributed by atoms with van der Waals surface area (Å²) >= 11 is 0. The Labute approximate surface area is 123 Å². The van der Waals surface area contributed by atoms with Crippen molar-refractivity contribution in [1.29, 1.82) is 0 Å². The number of hydrogen-bond donors (Lipinski definition) is 2. The molecule has 0 amide bonds. The van der Waals surface area contributed by atoms with Gasteiger partial charge < -0.3 is 10.6 Å². The molecule has 2 atom stereocenters. The first kappa shape index (κ1) is 14.1. The van der Waals surface area contributed by atoms with Crippen LogP contribution in [0.5, 0.6) is 0 Å². The Bertz CT molecular complexity index is 423. The van der Waals surface area contributed by atoms with Crippen LogP contribution in [0, 0.1) is 5.92 Å². The van der Waals surface area contributed by atoms with Crippen molar-refractivity contribution in [1.82, 2.24) is 10.6 Å². The fraction of sp³-hybridized carbons (Fsp3) is 0.667. The third-order valence-electron chi connectivity index (χ3n) is 5.18. The van der Waals surface area contributed by atoms with Crippen LogP contribution in [0.3, 0.4) is 0 Å². The van der Waals surface area contributed by atoms with Crippen molar-refractivity contribution in [3.63, 3.8) is 0 Å². The van der Waals surface area contributed by atoms with Gasteiger partial charge in [-0.15, -0.1) is 0 Å². The summed E-state index contributed by atoms with van der Waals surface area (Å²) in [4.78, 5) is 0. The van der Waals surface area contributed by atoms with E-state index in [9.17, 15) is 0 Å². The lowest BCUT2D eigenvalue weighted by molar-refractivity contribution is 0.261. The SMILES string of the molecule is C[C@H](NC1CCNCc2ccccc21)C1CCCCC1. The van der Waals surface area contributed by atoms with E-state index in [0.29, 0.717) is 12.1 Å². The van der Waals surface area contributed by atoms with Gasteiger partial charge in [-0.3, -0.25) is 0 Å². The fourth-order valence-electron chi connectivity index (χ4n) is 3.92. The Balaban J connectivity index is 1.69. The highest BCUT2D eigenvalue weighted by atomic mass is 15.0. The molecule has 3 rings (SSSR count). The lowest BCUT2D eigenvalue weighted by Gasteiger charge is -2.32. The third kappa shape index (κ3) is 3.24. The van der Waals surface area contributed by atoms with Crippen LogP contribution in [0.4, 0.5) is 0 Å². The highest BCUT2D eigenvalue weighted by Gasteiger charge is 2.24. The maximum atomic E-state index is 3.94. The second-order valence-electron chi connectivity index (χ2n) is 6.57. The predicted octanol–water partition coefficient (Wildman–Crippen LogP) is 3.78. The Kier molecular flexibility index (Phi) is 4.74. The number of benzene rings is 1. The van der Waals surface area contributed by atoms with Crippen LogP contribution in [0.2, 0.25) is 0 Å². The van der Waals surface area contributed by atoms with Gasteiger partial charge in [-0.2, -0.15) is 0 Å². The van der Waals surface area contributed by atoms with Gasteiger partial charge in [-0.25, -0.2) is 0 Å². The third-order valence-corrected chi connectivity index (χ3v) is 5.18. The maximum absolute atomic E-state index is 3.94. The molecule has 2 nitrogen and oxygen atoms in total. The molecule has 0 bridgehead atoms. The van der Waals surface area contributed by atoms with Gasteiger partial charge in [0.05, 0.1) is 0 Å². The lowest BCUT2D eigenvalue weighted by atomic mass is 9.84. The molecule has 1 aromatic carbocycles. The monoisotopic (exact) mass is 272 g/mol. The zero-order valence-corrected chi connectivity index (χ0v) is 12.7. The van der Waals surface area contributed by atoms with Gasteiger partial charge in [-0.1, -0.05) is 43.5 Å². The van der Waals surface area contributed by atoms with Crippen molar-refractivity contribution in [2.75, 3.05) is 6.54 Å². The van der Waals surface area contributed by atoms with Crippen LogP contribution < -0.4 is 10.6 Å². The summed E-state index contributed by atoms with van der Waals surface area (Å²) in [7, 11) is 0. The molecule has 2 heteroatoms. The van der Waals surface area contributed by atoms with Crippen LogP contribution in [0.25, 0.3) is 0 Å². The zero-order chi connectivity index (χ0) is 13.8. The molecule has 110 valence electrons. The summed E-state index contributed by atoms with van der Waals surface area (Å²) in [6.45, 7) is 4.53. The average molecular weight is 272 g/mol. The van der Waals surface area contributed by atoms with Gasteiger partial charge >= 0.3 is 0 Å². The fourth-order valence-corrected chi connectivity index (χ4v) is 3.92. The topological polar surface area (TPSA) is 24.1 Å². The van der Waals surface area contributed by atoms with Gasteiger partial charge in [0, 0.05) is 18.6 Å². The Morgan fingerprint density at radius 3 is 2.75 bits per heavy atom. The van der Waals surface area contributed by atoms with E-state index < -0.39 is 0 Å². The summed E-state index contributed by atoms with van der Waals surface area (Å²) in [6.07, 6.45) is 8.34. The molecule has 0 spiro atoms. The molecule has 20 heavy (non-hydrogen) atoms. The van der Waals surface area contributed by atoms with Crippen LogP contribution in [-0.2, 0) is 6.54 Å². The molecule has 2 N–H and O–H groups in total. The summed E-state index contributed by atoms with van der Waals surface area (Å²) in [5.41, 5.74) is 2.98. The van der Waals surface area contributed by atoms with Crippen molar-refractivity contribution in [3.05, 3.63) is 35.4 Å². The van der Waals surface area contributed by atoms with Crippen molar-refractivity contribution in [2.45, 2.75) is 64.1 Å². The second-order valence-corrected chi connectivity index (χ2v) is 6.57. The van der Waals surface area contributed by atoms with Crippen molar-refractivity contribution in [2.24, 2.45) is 5.92 Å². The van der Waals surface area contributed by atoms with Crippen molar-refractivity contribution < 1.29 is 0 Å². The van der Waals surface area contributed by atoms with E-state index >= 15 is 0 Å². The molecular weight excluding hydrogens is 244 g/mol. The molecule has 1 aliphatic heterocycles. The molecule has 1 aromatic rings. The number of hydrogen-bond acceptors (Lipinski definition) is 2. The normalized spacial score (nSPS) is 25.8. The summed E-state index contributed by atoms with van der Waals surface area (Å²) in [6, 6.07) is 10.1. The quantitative estimate of drug-likeness (QED) is 0.875. The number of fused-ring (bicyclic) bond motifs is 1. The Hall–Kier alpha value is -0.860. The largest absolute Gasteiger partial charge is 0.313 e. The highest BCUT2D eigenvalue weighted by Crippen LogP contribution is 2.29. The first-order chi connectivity index (χ1) is 9.84. The highest BCUT2D eigenvalue weighted by molar-refractivity contribution is 5.31. The summed E-state index contributed by atoms with van der Waals surface area (Å²) in [5, 5.41) is 7.49. The maximum Gasteiger partial charge on any atom is 0.0337 e. The van der Waals surface area contributed by atoms with Crippen molar-refractivity contribution in [3.8, 4) is 0 Å². The van der Waals surface area contributed by atoms with Crippen LogP contribution >= 0.6 is 0 Å². The molecule has 1 aliphatic carbocycles. The number of rotatable bonds is 3. The minimum absolute atomic E-state index is 0.526. The molecule has 0 radical (unpaired) electrons. The van der Waals surface area contributed by atoms with Gasteiger partial charge in [0.25, 0.3) is 0 Å². The molecule has 1 heterocycles. The first-order valence-electron chi connectivity index (χ1n) is 8.39. The lowest BCUT2D eigenvalue weighted by Crippen LogP contribution is -2.37. The van der Waals surface area contributed by atoms with E-state index in [4.69, 9.17) is 0 Å². The van der Waals surface area contributed by atoms with Gasteiger partial charge in [0.15, 0.2) is 0 Å². The molecule has 1 fully saturated rings. The van der Waals surface area contributed by atoms with Gasteiger partial charge in [-0.05, 0) is 49.8 Å². The van der Waals surface area contributed by atoms with Gasteiger partial charge in [0.2, 0.25) is 0 Å². The van der Waals surface area contributed by atoms with Crippen LogP contribution in [0.1, 0.15) is 62.6 Å². The molecule has 0 saturated heterocycles. The number of nitrogens with one attached hydrogen (secondary N) is 2. The summed E-state index contributed by atoms with van der Waals surface area (Å²) in [5.74, 6) is 0.882. The molecule has 2 aliphatic rings. The van der Waals surface area contributed by atoms with E-state index in [1.807, 2.05) is 0 Å². The van der Waals surface area contributed by atoms with E-state index in [2.05, 4.69) is 41.8 Å². The Morgan fingerprint density at radius 2 is 1.90 bits per heavy atom. The average Bonchev–Trinajstić information content (AvgIpc) is 2.71. The standard InChI is InChI=1S/C18H28N2/c1-14(15-7-3-2-4-8-15)20-18-11-12-19-13-16-9-5-6-10-17(16)18/h5-6,9-10,14-15,18-20H,2-4,7-8,11-13H2,1H3/t14-,18?/m0/s1. The first-order valence-corrected chi connectivity index (χ1v) is 8.39. The Morgan fingerprint density at radius 1 is 1.10 bits per heavy atom. The second kappa shape index (κ2) is 6.73.